The number of nitrogens with one attached hydrogen (secondary N) is 2. The number of carbonyl (C=O) groups is 2. The Hall–Kier alpha value is -1.61. The van der Waals surface area contributed by atoms with Crippen molar-refractivity contribution in [3.8, 4) is 0 Å². The van der Waals surface area contributed by atoms with Gasteiger partial charge in [-0.05, 0) is 6.92 Å². The standard InChI is InChI=1S/C12H20N4O4S/c1-5-8(16(3)4)10-14-15-12(20-10)21-7-9(17)13-11(18)19-6-2/h8H,5-7H2,1-4H3,(H,13,17,18)/p+1/t8-/m1/s1. The predicted molar refractivity (Wildman–Crippen MR) is 76.0 cm³/mol. The van der Waals surface area contributed by atoms with Crippen molar-refractivity contribution in [2.75, 3.05) is 26.5 Å². The Labute approximate surface area is 127 Å². The molecule has 2 amide bonds. The van der Waals surface area contributed by atoms with Crippen LogP contribution in [0, 0.1) is 0 Å². The van der Waals surface area contributed by atoms with Gasteiger partial charge < -0.3 is 14.1 Å². The molecule has 1 rings (SSSR count). The molecule has 0 spiro atoms. The fourth-order valence-corrected chi connectivity index (χ4v) is 2.26. The van der Waals surface area contributed by atoms with Crippen LogP contribution < -0.4 is 10.2 Å². The molecule has 0 saturated carbocycles. The predicted octanol–water partition coefficient (Wildman–Crippen LogP) is 0.0300. The summed E-state index contributed by atoms with van der Waals surface area (Å²) in [5.41, 5.74) is 0. The van der Waals surface area contributed by atoms with Gasteiger partial charge in [0.15, 0.2) is 6.04 Å². The first-order valence-electron chi connectivity index (χ1n) is 6.70. The summed E-state index contributed by atoms with van der Waals surface area (Å²) in [4.78, 5) is 23.7. The Kier molecular flexibility index (Phi) is 7.17. The van der Waals surface area contributed by atoms with Crippen molar-refractivity contribution in [1.29, 1.82) is 0 Å². The van der Waals surface area contributed by atoms with E-state index in [1.54, 1.807) is 6.92 Å². The van der Waals surface area contributed by atoms with E-state index in [2.05, 4.69) is 20.3 Å². The summed E-state index contributed by atoms with van der Waals surface area (Å²) in [7, 11) is 4.02. The lowest BCUT2D eigenvalue weighted by atomic mass is 10.2. The van der Waals surface area contributed by atoms with Crippen LogP contribution in [0.3, 0.4) is 0 Å². The van der Waals surface area contributed by atoms with Crippen LogP contribution in [-0.4, -0.2) is 48.7 Å². The van der Waals surface area contributed by atoms with E-state index in [4.69, 9.17) is 4.42 Å². The highest BCUT2D eigenvalue weighted by Crippen LogP contribution is 2.19. The van der Waals surface area contributed by atoms with E-state index in [0.717, 1.165) is 18.2 Å². The maximum absolute atomic E-state index is 11.5. The molecule has 1 atom stereocenters. The lowest BCUT2D eigenvalue weighted by Crippen LogP contribution is -3.06. The highest BCUT2D eigenvalue weighted by atomic mass is 32.2. The molecule has 1 aromatic rings. The molecule has 0 aromatic carbocycles. The smallest absolute Gasteiger partial charge is 0.413 e. The summed E-state index contributed by atoms with van der Waals surface area (Å²) in [6, 6.07) is 0.125. The van der Waals surface area contributed by atoms with Crippen LogP contribution in [0.25, 0.3) is 0 Å². The van der Waals surface area contributed by atoms with Gasteiger partial charge in [-0.15, -0.1) is 10.2 Å². The molecular weight excluding hydrogens is 296 g/mol. The van der Waals surface area contributed by atoms with E-state index in [1.165, 1.54) is 4.90 Å². The normalized spacial score (nSPS) is 12.2. The first-order valence-corrected chi connectivity index (χ1v) is 7.69. The van der Waals surface area contributed by atoms with Crippen molar-refractivity contribution in [3.05, 3.63) is 5.89 Å². The van der Waals surface area contributed by atoms with Crippen LogP contribution in [0.15, 0.2) is 9.64 Å². The van der Waals surface area contributed by atoms with Gasteiger partial charge in [0.2, 0.25) is 5.91 Å². The number of amides is 2. The number of rotatable bonds is 7. The Morgan fingerprint density at radius 1 is 1.38 bits per heavy atom. The second kappa shape index (κ2) is 8.63. The van der Waals surface area contributed by atoms with E-state index in [9.17, 15) is 9.59 Å². The second-order valence-electron chi connectivity index (χ2n) is 4.50. The molecule has 0 aliphatic heterocycles. The van der Waals surface area contributed by atoms with E-state index < -0.39 is 12.0 Å². The number of quaternary nitrogens is 1. The monoisotopic (exact) mass is 317 g/mol. The molecule has 8 nitrogen and oxygen atoms in total. The summed E-state index contributed by atoms with van der Waals surface area (Å²) >= 11 is 1.08. The SMILES string of the molecule is CCOC(=O)NC(=O)CSc1nnc([C@@H](CC)[NH+](C)C)o1. The lowest BCUT2D eigenvalue weighted by molar-refractivity contribution is -0.894. The summed E-state index contributed by atoms with van der Waals surface area (Å²) in [6.07, 6.45) is 0.120. The first kappa shape index (κ1) is 17.4. The molecule has 9 heteroatoms. The van der Waals surface area contributed by atoms with Gasteiger partial charge in [-0.3, -0.25) is 10.1 Å². The molecule has 0 fully saturated rings. The molecule has 118 valence electrons. The molecule has 0 aliphatic carbocycles. The minimum Gasteiger partial charge on any atom is -0.450 e. The van der Waals surface area contributed by atoms with E-state index in [-0.39, 0.29) is 18.4 Å². The number of imide groups is 1. The molecule has 0 saturated heterocycles. The zero-order chi connectivity index (χ0) is 15.8. The van der Waals surface area contributed by atoms with Gasteiger partial charge in [0.05, 0.1) is 26.5 Å². The molecule has 21 heavy (non-hydrogen) atoms. The summed E-state index contributed by atoms with van der Waals surface area (Å²) in [5.74, 6) is 0.0840. The highest BCUT2D eigenvalue weighted by Gasteiger charge is 2.22. The third kappa shape index (κ3) is 5.72. The van der Waals surface area contributed by atoms with Gasteiger partial charge in [0.1, 0.15) is 0 Å². The van der Waals surface area contributed by atoms with Gasteiger partial charge in [-0.2, -0.15) is 0 Å². The van der Waals surface area contributed by atoms with Crippen molar-refractivity contribution < 1.29 is 23.6 Å². The number of hydrogen-bond acceptors (Lipinski definition) is 7. The average Bonchev–Trinajstić information content (AvgIpc) is 2.85. The number of thioether (sulfide) groups is 1. The largest absolute Gasteiger partial charge is 0.450 e. The van der Waals surface area contributed by atoms with Crippen LogP contribution >= 0.6 is 11.8 Å². The van der Waals surface area contributed by atoms with Crippen molar-refractivity contribution in [2.24, 2.45) is 0 Å². The van der Waals surface area contributed by atoms with Gasteiger partial charge in [-0.1, -0.05) is 18.7 Å². The van der Waals surface area contributed by atoms with Gasteiger partial charge in [0.25, 0.3) is 11.1 Å². The number of nitrogens with zero attached hydrogens (tertiary/aromatic N) is 2. The van der Waals surface area contributed by atoms with Crippen molar-refractivity contribution in [1.82, 2.24) is 15.5 Å². The van der Waals surface area contributed by atoms with Gasteiger partial charge >= 0.3 is 6.09 Å². The topological polar surface area (TPSA) is 98.8 Å². The molecule has 0 unspecified atom stereocenters. The molecule has 0 radical (unpaired) electrons. The Morgan fingerprint density at radius 2 is 2.10 bits per heavy atom. The summed E-state index contributed by atoms with van der Waals surface area (Å²) < 4.78 is 10.1. The van der Waals surface area contributed by atoms with Crippen LogP contribution in [0.1, 0.15) is 32.2 Å². The Morgan fingerprint density at radius 3 is 2.67 bits per heavy atom. The van der Waals surface area contributed by atoms with Crippen molar-refractivity contribution in [3.63, 3.8) is 0 Å². The van der Waals surface area contributed by atoms with Gasteiger partial charge in [0, 0.05) is 6.42 Å². The van der Waals surface area contributed by atoms with E-state index in [0.29, 0.717) is 11.1 Å². The van der Waals surface area contributed by atoms with E-state index >= 15 is 0 Å². The fourth-order valence-electron chi connectivity index (χ4n) is 1.69. The first-order chi connectivity index (χ1) is 9.97. The number of ether oxygens (including phenoxy) is 1. The average molecular weight is 317 g/mol. The van der Waals surface area contributed by atoms with Crippen LogP contribution in [0.4, 0.5) is 4.79 Å². The maximum atomic E-state index is 11.5. The molecule has 1 heterocycles. The summed E-state index contributed by atoms with van der Waals surface area (Å²) in [6.45, 7) is 3.92. The van der Waals surface area contributed by atoms with Crippen molar-refractivity contribution >= 4 is 23.8 Å². The number of alkyl carbamates (subject to hydrolysis) is 1. The van der Waals surface area contributed by atoms with Crippen molar-refractivity contribution in [2.45, 2.75) is 31.5 Å². The second-order valence-corrected chi connectivity index (χ2v) is 5.43. The molecular formula is C12H21N4O4S+. The highest BCUT2D eigenvalue weighted by molar-refractivity contribution is 7.99. The van der Waals surface area contributed by atoms with Crippen LogP contribution in [0.2, 0.25) is 0 Å². The van der Waals surface area contributed by atoms with Gasteiger partial charge in [-0.25, -0.2) is 4.79 Å². The quantitative estimate of drug-likeness (QED) is 0.685. The number of aromatic nitrogens is 2. The third-order valence-corrected chi connectivity index (χ3v) is 3.49. The zero-order valence-corrected chi connectivity index (χ0v) is 13.5. The zero-order valence-electron chi connectivity index (χ0n) is 12.6. The molecule has 0 bridgehead atoms. The minimum absolute atomic E-state index is 0.00601. The Balaban J connectivity index is 2.48. The van der Waals surface area contributed by atoms with E-state index in [1.807, 2.05) is 21.0 Å². The van der Waals surface area contributed by atoms with Crippen LogP contribution in [-0.2, 0) is 9.53 Å². The lowest BCUT2D eigenvalue weighted by Gasteiger charge is -2.15. The fraction of sp³-hybridized carbons (Fsp3) is 0.667. The third-order valence-electron chi connectivity index (χ3n) is 2.67. The number of hydrogen-bond donors (Lipinski definition) is 2. The summed E-state index contributed by atoms with van der Waals surface area (Å²) in [5, 5.41) is 10.3. The maximum Gasteiger partial charge on any atom is 0.413 e. The number of carbonyl (C=O) groups excluding carboxylic acids is 2. The molecule has 1 aromatic heterocycles. The minimum atomic E-state index is -0.753. The Bertz CT molecular complexity index is 478. The molecule has 0 aliphatic rings. The molecule has 2 N–H and O–H groups in total. The van der Waals surface area contributed by atoms with Crippen LogP contribution in [0.5, 0.6) is 0 Å².